The Morgan fingerprint density at radius 2 is 1.59 bits per heavy atom. The molecule has 7 nitrogen and oxygen atoms in total. The number of alkyl halides is 2. The zero-order valence-corrected chi connectivity index (χ0v) is 23.1. The average molecular weight is 540 g/mol. The Bertz CT molecular complexity index is 1150. The number of rotatable bonds is 7. The minimum absolute atomic E-state index is 0.0203. The predicted octanol–water partition coefficient (Wildman–Crippen LogP) is 4.56. The number of carbonyl (C=O) groups excluding carboxylic acids is 2. The Kier molecular flexibility index (Phi) is 7.99. The molecule has 0 radical (unpaired) electrons. The SMILES string of the molecule is Cc1ncnc(C)c1C(=O)N1CC2CN(C(C)C[C@H](NC(=O)C3CCC(F)(F)CC3)c3ccccc3)CC2C1. The number of aryl methyl sites for hydroxylation is 2. The third kappa shape index (κ3) is 6.13. The highest BCUT2D eigenvalue weighted by atomic mass is 19.3. The fourth-order valence-electron chi connectivity index (χ4n) is 6.66. The molecule has 39 heavy (non-hydrogen) atoms. The molecule has 5 rings (SSSR count). The maximum atomic E-state index is 13.6. The standard InChI is InChI=1S/C30H39F2N5O2/c1-19(13-26(22-7-5-4-6-8-22)35-28(38)23-9-11-30(31,32)12-10-23)36-14-24-16-37(17-25(24)15-36)29(39)27-20(2)33-18-34-21(27)3/h4-8,18-19,23-26H,9-17H2,1-3H3,(H,35,38)/t19?,24?,25?,26-/m0/s1. The van der Waals surface area contributed by atoms with Crippen molar-refractivity contribution in [3.05, 3.63) is 59.2 Å². The first-order valence-electron chi connectivity index (χ1n) is 14.2. The number of hydrogen-bond acceptors (Lipinski definition) is 5. The number of nitrogens with zero attached hydrogens (tertiary/aromatic N) is 4. The molecule has 3 aliphatic rings. The molecular weight excluding hydrogens is 500 g/mol. The molecule has 210 valence electrons. The monoisotopic (exact) mass is 539 g/mol. The fourth-order valence-corrected chi connectivity index (χ4v) is 6.66. The molecule has 2 amide bonds. The van der Waals surface area contributed by atoms with Gasteiger partial charge in [0.2, 0.25) is 11.8 Å². The number of benzene rings is 1. The molecule has 1 aliphatic carbocycles. The molecule has 2 aromatic rings. The first kappa shape index (κ1) is 27.6. The van der Waals surface area contributed by atoms with Crippen LogP contribution in [0.25, 0.3) is 0 Å². The van der Waals surface area contributed by atoms with Crippen LogP contribution in [0.5, 0.6) is 0 Å². The van der Waals surface area contributed by atoms with E-state index in [1.807, 2.05) is 49.1 Å². The zero-order chi connectivity index (χ0) is 27.7. The second-order valence-corrected chi connectivity index (χ2v) is 11.8. The number of hydrogen-bond donors (Lipinski definition) is 1. The Morgan fingerprint density at radius 1 is 1.00 bits per heavy atom. The Hall–Kier alpha value is -2.94. The van der Waals surface area contributed by atoms with Gasteiger partial charge in [0.25, 0.3) is 5.91 Å². The minimum atomic E-state index is -2.65. The summed E-state index contributed by atoms with van der Waals surface area (Å²) in [7, 11) is 0. The third-order valence-electron chi connectivity index (χ3n) is 9.05. The van der Waals surface area contributed by atoms with Gasteiger partial charge in [0.05, 0.1) is 23.0 Å². The normalized spacial score (nSPS) is 24.8. The molecule has 0 spiro atoms. The van der Waals surface area contributed by atoms with E-state index in [2.05, 4.69) is 27.1 Å². The summed E-state index contributed by atoms with van der Waals surface area (Å²) in [6.45, 7) is 9.18. The van der Waals surface area contributed by atoms with Crippen molar-refractivity contribution in [1.82, 2.24) is 25.1 Å². The van der Waals surface area contributed by atoms with Gasteiger partial charge in [-0.3, -0.25) is 14.5 Å². The van der Waals surface area contributed by atoms with E-state index in [0.717, 1.165) is 49.6 Å². The summed E-state index contributed by atoms with van der Waals surface area (Å²) >= 11 is 0. The number of aromatic nitrogens is 2. The molecule has 0 bridgehead atoms. The van der Waals surface area contributed by atoms with E-state index in [1.54, 1.807) is 0 Å². The largest absolute Gasteiger partial charge is 0.349 e. The van der Waals surface area contributed by atoms with Gasteiger partial charge in [0, 0.05) is 51.0 Å². The lowest BCUT2D eigenvalue weighted by molar-refractivity contribution is -0.130. The van der Waals surface area contributed by atoms with Gasteiger partial charge >= 0.3 is 0 Å². The van der Waals surface area contributed by atoms with E-state index in [9.17, 15) is 18.4 Å². The van der Waals surface area contributed by atoms with Crippen molar-refractivity contribution in [1.29, 1.82) is 0 Å². The highest BCUT2D eigenvalue weighted by Crippen LogP contribution is 2.37. The lowest BCUT2D eigenvalue weighted by Gasteiger charge is -2.32. The molecule has 3 fully saturated rings. The smallest absolute Gasteiger partial charge is 0.257 e. The van der Waals surface area contributed by atoms with Crippen molar-refractivity contribution in [2.75, 3.05) is 26.2 Å². The minimum Gasteiger partial charge on any atom is -0.349 e. The van der Waals surface area contributed by atoms with E-state index in [0.29, 0.717) is 17.4 Å². The van der Waals surface area contributed by atoms with Crippen LogP contribution in [-0.4, -0.2) is 69.7 Å². The molecule has 3 unspecified atom stereocenters. The van der Waals surface area contributed by atoms with Crippen LogP contribution in [0.2, 0.25) is 0 Å². The van der Waals surface area contributed by atoms with Crippen LogP contribution in [0.3, 0.4) is 0 Å². The molecule has 4 atom stereocenters. The second kappa shape index (κ2) is 11.3. The molecular formula is C30H39F2N5O2. The zero-order valence-electron chi connectivity index (χ0n) is 23.1. The van der Waals surface area contributed by atoms with Gasteiger partial charge in [-0.05, 0) is 57.4 Å². The van der Waals surface area contributed by atoms with Gasteiger partial charge < -0.3 is 10.2 Å². The summed E-state index contributed by atoms with van der Waals surface area (Å²) in [4.78, 5) is 39.2. The van der Waals surface area contributed by atoms with E-state index in [1.165, 1.54) is 6.33 Å². The number of fused-ring (bicyclic) bond motifs is 1. The van der Waals surface area contributed by atoms with E-state index >= 15 is 0 Å². The van der Waals surface area contributed by atoms with Crippen LogP contribution in [0, 0.1) is 31.6 Å². The van der Waals surface area contributed by atoms with E-state index < -0.39 is 5.92 Å². The summed E-state index contributed by atoms with van der Waals surface area (Å²) in [6, 6.07) is 9.96. The lowest BCUT2D eigenvalue weighted by atomic mass is 9.85. The molecule has 1 aromatic heterocycles. The maximum Gasteiger partial charge on any atom is 0.257 e. The molecule has 3 heterocycles. The van der Waals surface area contributed by atoms with Crippen LogP contribution in [-0.2, 0) is 4.79 Å². The first-order chi connectivity index (χ1) is 18.6. The molecule has 1 N–H and O–H groups in total. The van der Waals surface area contributed by atoms with Gasteiger partial charge in [0.15, 0.2) is 0 Å². The average Bonchev–Trinajstić information content (AvgIpc) is 3.48. The summed E-state index contributed by atoms with van der Waals surface area (Å²) < 4.78 is 27.3. The molecule has 9 heteroatoms. The van der Waals surface area contributed by atoms with Crippen LogP contribution in [0.4, 0.5) is 8.78 Å². The van der Waals surface area contributed by atoms with Gasteiger partial charge in [-0.2, -0.15) is 0 Å². The first-order valence-corrected chi connectivity index (χ1v) is 14.2. The Labute approximate surface area is 229 Å². The van der Waals surface area contributed by atoms with Crippen LogP contribution in [0.15, 0.2) is 36.7 Å². The van der Waals surface area contributed by atoms with Crippen molar-refractivity contribution in [2.24, 2.45) is 17.8 Å². The quantitative estimate of drug-likeness (QED) is 0.558. The number of amides is 2. The Morgan fingerprint density at radius 3 is 2.18 bits per heavy atom. The van der Waals surface area contributed by atoms with Crippen molar-refractivity contribution in [2.45, 2.75) is 70.9 Å². The summed E-state index contributed by atoms with van der Waals surface area (Å²) in [6.07, 6.45) is 2.26. The summed E-state index contributed by atoms with van der Waals surface area (Å²) in [5.74, 6) is -2.28. The van der Waals surface area contributed by atoms with Crippen molar-refractivity contribution < 1.29 is 18.4 Å². The fraction of sp³-hybridized carbons (Fsp3) is 0.600. The molecule has 2 aliphatic heterocycles. The highest BCUT2D eigenvalue weighted by molar-refractivity contribution is 5.96. The summed E-state index contributed by atoms with van der Waals surface area (Å²) in [5, 5.41) is 3.21. The highest BCUT2D eigenvalue weighted by Gasteiger charge is 2.44. The van der Waals surface area contributed by atoms with Crippen LogP contribution in [0.1, 0.15) is 72.4 Å². The van der Waals surface area contributed by atoms with Crippen molar-refractivity contribution in [3.63, 3.8) is 0 Å². The van der Waals surface area contributed by atoms with Gasteiger partial charge in [-0.15, -0.1) is 0 Å². The molecule has 2 saturated heterocycles. The number of likely N-dealkylation sites (tertiary alicyclic amines) is 2. The lowest BCUT2D eigenvalue weighted by Crippen LogP contribution is -2.41. The van der Waals surface area contributed by atoms with E-state index in [-0.39, 0.29) is 55.5 Å². The number of nitrogens with one attached hydrogen (secondary N) is 1. The van der Waals surface area contributed by atoms with Crippen LogP contribution >= 0.6 is 0 Å². The third-order valence-corrected chi connectivity index (χ3v) is 9.05. The number of carbonyl (C=O) groups is 2. The second-order valence-electron chi connectivity index (χ2n) is 11.8. The topological polar surface area (TPSA) is 78.4 Å². The van der Waals surface area contributed by atoms with Gasteiger partial charge in [0.1, 0.15) is 6.33 Å². The van der Waals surface area contributed by atoms with Gasteiger partial charge in [-0.25, -0.2) is 18.7 Å². The van der Waals surface area contributed by atoms with Crippen LogP contribution < -0.4 is 5.32 Å². The predicted molar refractivity (Wildman–Crippen MR) is 144 cm³/mol. The molecule has 1 saturated carbocycles. The summed E-state index contributed by atoms with van der Waals surface area (Å²) in [5.41, 5.74) is 3.09. The maximum absolute atomic E-state index is 13.6. The van der Waals surface area contributed by atoms with Crippen molar-refractivity contribution >= 4 is 11.8 Å². The van der Waals surface area contributed by atoms with Gasteiger partial charge in [-0.1, -0.05) is 30.3 Å². The van der Waals surface area contributed by atoms with E-state index in [4.69, 9.17) is 0 Å². The number of halogens is 2. The van der Waals surface area contributed by atoms with Crippen molar-refractivity contribution in [3.8, 4) is 0 Å². The Balaban J connectivity index is 1.20. The molecule has 1 aromatic carbocycles.